The van der Waals surface area contributed by atoms with Gasteiger partial charge in [-0.2, -0.15) is 0 Å². The highest BCUT2D eigenvalue weighted by molar-refractivity contribution is 5.76. The molecule has 92 valence electrons. The normalized spacial score (nSPS) is 16.6. The van der Waals surface area contributed by atoms with Crippen molar-refractivity contribution in [3.63, 3.8) is 0 Å². The zero-order chi connectivity index (χ0) is 12.3. The molecule has 3 N–H and O–H groups in total. The number of amides is 1. The van der Waals surface area contributed by atoms with E-state index < -0.39 is 0 Å². The van der Waals surface area contributed by atoms with Gasteiger partial charge in [0.25, 0.3) is 0 Å². The number of nitrogens with one attached hydrogen (secondary N) is 1. The molecule has 3 heteroatoms. The molecule has 1 atom stereocenters. The van der Waals surface area contributed by atoms with Crippen LogP contribution in [0.1, 0.15) is 30.4 Å². The second-order valence-electron chi connectivity index (χ2n) is 4.97. The van der Waals surface area contributed by atoms with Gasteiger partial charge in [-0.1, -0.05) is 29.8 Å². The summed E-state index contributed by atoms with van der Waals surface area (Å²) in [6.45, 7) is 2.65. The number of benzene rings is 1. The zero-order valence-electron chi connectivity index (χ0n) is 10.3. The first-order chi connectivity index (χ1) is 8.15. The molecule has 0 aromatic heterocycles. The highest BCUT2D eigenvalue weighted by Gasteiger charge is 2.29. The van der Waals surface area contributed by atoms with Gasteiger partial charge < -0.3 is 11.1 Å². The lowest BCUT2D eigenvalue weighted by Crippen LogP contribution is -2.32. The summed E-state index contributed by atoms with van der Waals surface area (Å²) in [5, 5.41) is 2.91. The third kappa shape index (κ3) is 3.86. The van der Waals surface area contributed by atoms with Crippen molar-refractivity contribution in [1.82, 2.24) is 5.32 Å². The van der Waals surface area contributed by atoms with Crippen LogP contribution in [0.4, 0.5) is 0 Å². The van der Waals surface area contributed by atoms with E-state index in [0.717, 1.165) is 5.56 Å². The Labute approximate surface area is 102 Å². The minimum absolute atomic E-state index is 0.0491. The van der Waals surface area contributed by atoms with Gasteiger partial charge in [-0.25, -0.2) is 0 Å². The Morgan fingerprint density at radius 1 is 1.41 bits per heavy atom. The summed E-state index contributed by atoms with van der Waals surface area (Å²) in [5.41, 5.74) is 8.27. The van der Waals surface area contributed by atoms with Crippen molar-refractivity contribution < 1.29 is 4.79 Å². The topological polar surface area (TPSA) is 55.1 Å². The van der Waals surface area contributed by atoms with Crippen LogP contribution in [0.5, 0.6) is 0 Å². The molecular formula is C14H20N2O. The van der Waals surface area contributed by atoms with E-state index in [1.807, 2.05) is 12.1 Å². The van der Waals surface area contributed by atoms with E-state index in [2.05, 4.69) is 24.4 Å². The Morgan fingerprint density at radius 3 is 2.65 bits per heavy atom. The molecule has 0 bridgehead atoms. The van der Waals surface area contributed by atoms with Crippen LogP contribution in [-0.2, 0) is 11.3 Å². The van der Waals surface area contributed by atoms with E-state index >= 15 is 0 Å². The molecule has 1 saturated carbocycles. The first-order valence-electron chi connectivity index (χ1n) is 6.23. The van der Waals surface area contributed by atoms with E-state index in [0.29, 0.717) is 18.9 Å². The van der Waals surface area contributed by atoms with Crippen LogP contribution < -0.4 is 11.1 Å². The molecule has 0 radical (unpaired) electrons. The van der Waals surface area contributed by atoms with Crippen molar-refractivity contribution >= 4 is 5.91 Å². The fourth-order valence-corrected chi connectivity index (χ4v) is 1.88. The quantitative estimate of drug-likeness (QED) is 0.812. The fraction of sp³-hybridized carbons (Fsp3) is 0.500. The van der Waals surface area contributed by atoms with Crippen LogP contribution in [0.15, 0.2) is 24.3 Å². The Balaban J connectivity index is 1.73. The van der Waals surface area contributed by atoms with E-state index in [4.69, 9.17) is 5.73 Å². The summed E-state index contributed by atoms with van der Waals surface area (Å²) in [6.07, 6.45) is 2.83. The second-order valence-corrected chi connectivity index (χ2v) is 4.97. The third-order valence-corrected chi connectivity index (χ3v) is 3.26. The summed E-state index contributed by atoms with van der Waals surface area (Å²) in [5.74, 6) is 0.644. The summed E-state index contributed by atoms with van der Waals surface area (Å²) >= 11 is 0. The SMILES string of the molecule is Cc1ccc(CNC(=O)CC(N)C2CC2)cc1. The van der Waals surface area contributed by atoms with Crippen LogP contribution in [0.2, 0.25) is 0 Å². The minimum Gasteiger partial charge on any atom is -0.352 e. The van der Waals surface area contributed by atoms with Gasteiger partial charge in [-0.05, 0) is 31.2 Å². The molecule has 17 heavy (non-hydrogen) atoms. The molecule has 1 aliphatic carbocycles. The third-order valence-electron chi connectivity index (χ3n) is 3.26. The lowest BCUT2D eigenvalue weighted by molar-refractivity contribution is -0.121. The van der Waals surface area contributed by atoms with Gasteiger partial charge in [0.15, 0.2) is 0 Å². The average Bonchev–Trinajstić information content (AvgIpc) is 3.12. The molecule has 1 aromatic rings. The Bertz CT molecular complexity index is 382. The first kappa shape index (κ1) is 12.1. The summed E-state index contributed by atoms with van der Waals surface area (Å²) in [6, 6.07) is 8.23. The summed E-state index contributed by atoms with van der Waals surface area (Å²) in [4.78, 5) is 11.6. The highest BCUT2D eigenvalue weighted by atomic mass is 16.1. The lowest BCUT2D eigenvalue weighted by Gasteiger charge is -2.10. The molecule has 2 rings (SSSR count). The van der Waals surface area contributed by atoms with E-state index in [-0.39, 0.29) is 11.9 Å². The van der Waals surface area contributed by atoms with Crippen molar-refractivity contribution in [3.05, 3.63) is 35.4 Å². The van der Waals surface area contributed by atoms with E-state index in [1.54, 1.807) is 0 Å². The number of carbonyl (C=O) groups excluding carboxylic acids is 1. The summed E-state index contributed by atoms with van der Waals surface area (Å²) < 4.78 is 0. The molecule has 1 aliphatic rings. The van der Waals surface area contributed by atoms with Crippen molar-refractivity contribution in [2.45, 2.75) is 38.8 Å². The second kappa shape index (κ2) is 5.32. The molecule has 1 aromatic carbocycles. The van der Waals surface area contributed by atoms with Gasteiger partial charge >= 0.3 is 0 Å². The predicted molar refractivity (Wildman–Crippen MR) is 68.3 cm³/mol. The maximum absolute atomic E-state index is 11.6. The van der Waals surface area contributed by atoms with Crippen molar-refractivity contribution in [3.8, 4) is 0 Å². The van der Waals surface area contributed by atoms with Gasteiger partial charge in [0.1, 0.15) is 0 Å². The molecule has 0 heterocycles. The Morgan fingerprint density at radius 2 is 2.06 bits per heavy atom. The van der Waals surface area contributed by atoms with E-state index in [9.17, 15) is 4.79 Å². The van der Waals surface area contributed by atoms with Crippen LogP contribution >= 0.6 is 0 Å². The molecule has 0 saturated heterocycles. The lowest BCUT2D eigenvalue weighted by atomic mass is 10.1. The number of carbonyl (C=O) groups is 1. The van der Waals surface area contributed by atoms with Crippen molar-refractivity contribution in [2.75, 3.05) is 0 Å². The largest absolute Gasteiger partial charge is 0.352 e. The standard InChI is InChI=1S/C14H20N2O/c1-10-2-4-11(5-3-10)9-16-14(17)8-13(15)12-6-7-12/h2-5,12-13H,6-9,15H2,1H3,(H,16,17). The maximum Gasteiger partial charge on any atom is 0.221 e. The predicted octanol–water partition coefficient (Wildman–Crippen LogP) is 1.74. The first-order valence-corrected chi connectivity index (χ1v) is 6.23. The molecule has 1 unspecified atom stereocenters. The maximum atomic E-state index is 11.6. The van der Waals surface area contributed by atoms with Gasteiger partial charge in [0.2, 0.25) is 5.91 Å². The number of aryl methyl sites for hydroxylation is 1. The van der Waals surface area contributed by atoms with Gasteiger partial charge in [0, 0.05) is 19.0 Å². The molecule has 1 amide bonds. The van der Waals surface area contributed by atoms with Crippen molar-refractivity contribution in [2.24, 2.45) is 11.7 Å². The minimum atomic E-state index is 0.0491. The molecule has 0 aliphatic heterocycles. The van der Waals surface area contributed by atoms with E-state index in [1.165, 1.54) is 18.4 Å². The van der Waals surface area contributed by atoms with Crippen LogP contribution in [0.25, 0.3) is 0 Å². The van der Waals surface area contributed by atoms with Gasteiger partial charge in [-0.3, -0.25) is 4.79 Å². The molecule has 3 nitrogen and oxygen atoms in total. The molecule has 1 fully saturated rings. The monoisotopic (exact) mass is 232 g/mol. The van der Waals surface area contributed by atoms with Crippen LogP contribution in [0, 0.1) is 12.8 Å². The smallest absolute Gasteiger partial charge is 0.221 e. The van der Waals surface area contributed by atoms with Crippen LogP contribution in [0.3, 0.4) is 0 Å². The molecular weight excluding hydrogens is 212 g/mol. The average molecular weight is 232 g/mol. The van der Waals surface area contributed by atoms with Gasteiger partial charge in [0.05, 0.1) is 0 Å². The zero-order valence-corrected chi connectivity index (χ0v) is 10.3. The number of nitrogens with two attached hydrogens (primary N) is 1. The number of hydrogen-bond acceptors (Lipinski definition) is 2. The molecule has 0 spiro atoms. The van der Waals surface area contributed by atoms with Gasteiger partial charge in [-0.15, -0.1) is 0 Å². The highest BCUT2D eigenvalue weighted by Crippen LogP contribution is 2.32. The van der Waals surface area contributed by atoms with Crippen LogP contribution in [-0.4, -0.2) is 11.9 Å². The van der Waals surface area contributed by atoms with Crippen molar-refractivity contribution in [1.29, 1.82) is 0 Å². The Kier molecular flexibility index (Phi) is 3.79. The fourth-order valence-electron chi connectivity index (χ4n) is 1.88. The summed E-state index contributed by atoms with van der Waals surface area (Å²) in [7, 11) is 0. The number of rotatable bonds is 5. The Hall–Kier alpha value is -1.35. The number of hydrogen-bond donors (Lipinski definition) is 2.